The molecule has 1 rings (SSSR count). The Hall–Kier alpha value is -0.470. The smallest absolute Gasteiger partial charge is 0.153 e. The predicted molar refractivity (Wildman–Crippen MR) is 37.6 cm³/mol. The second-order valence-corrected chi connectivity index (χ2v) is 3.07. The van der Waals surface area contributed by atoms with E-state index in [1.165, 1.54) is 0 Å². The van der Waals surface area contributed by atoms with Crippen molar-refractivity contribution in [2.24, 2.45) is 0 Å². The molecule has 47 valence electrons. The van der Waals surface area contributed by atoms with Crippen molar-refractivity contribution in [2.75, 3.05) is 6.26 Å². The molecule has 0 fully saturated rings. The van der Waals surface area contributed by atoms with Gasteiger partial charge in [0, 0.05) is 6.07 Å². The average Bonchev–Trinajstić information content (AvgIpc) is 1.90. The lowest BCUT2D eigenvalue weighted by molar-refractivity contribution is 0.601. The number of rotatable bonds is 1. The molecular formula is C7H7OS. The van der Waals surface area contributed by atoms with Crippen LogP contribution in [0.5, 0.6) is 0 Å². The van der Waals surface area contributed by atoms with Gasteiger partial charge in [0.1, 0.15) is 6.26 Å². The van der Waals surface area contributed by atoms with Gasteiger partial charge in [-0.15, -0.1) is 0 Å². The molecule has 0 aliphatic carbocycles. The van der Waals surface area contributed by atoms with Gasteiger partial charge in [-0.2, -0.15) is 0 Å². The highest BCUT2D eigenvalue weighted by Crippen LogP contribution is 2.05. The van der Waals surface area contributed by atoms with Crippen LogP contribution in [0.4, 0.5) is 0 Å². The van der Waals surface area contributed by atoms with E-state index in [4.69, 9.17) is 0 Å². The summed E-state index contributed by atoms with van der Waals surface area (Å²) >= 11 is -0.860. The molecule has 2 heteroatoms. The summed E-state index contributed by atoms with van der Waals surface area (Å²) in [5.41, 5.74) is 0. The molecule has 0 spiro atoms. The van der Waals surface area contributed by atoms with Crippen LogP contribution < -0.4 is 0 Å². The molecule has 0 unspecified atom stereocenters. The van der Waals surface area contributed by atoms with Gasteiger partial charge >= 0.3 is 0 Å². The molecule has 0 saturated heterocycles. The third kappa shape index (κ3) is 1.73. The molecule has 0 aliphatic heterocycles. The van der Waals surface area contributed by atoms with E-state index in [2.05, 4.69) is 6.07 Å². The van der Waals surface area contributed by atoms with E-state index < -0.39 is 11.2 Å². The van der Waals surface area contributed by atoms with Gasteiger partial charge in [0.25, 0.3) is 0 Å². The lowest BCUT2D eigenvalue weighted by Crippen LogP contribution is -1.95. The molecule has 1 aromatic rings. The van der Waals surface area contributed by atoms with Gasteiger partial charge in [0.15, 0.2) is 4.90 Å². The lowest BCUT2D eigenvalue weighted by Gasteiger charge is -2.00. The Morgan fingerprint density at radius 3 is 2.78 bits per heavy atom. The summed E-state index contributed by atoms with van der Waals surface area (Å²) < 4.78 is 10.7. The highest BCUT2D eigenvalue weighted by Gasteiger charge is 1.98. The van der Waals surface area contributed by atoms with E-state index in [0.717, 1.165) is 4.90 Å². The summed E-state index contributed by atoms with van der Waals surface area (Å²) in [4.78, 5) is 0.831. The quantitative estimate of drug-likeness (QED) is 0.536. The first kappa shape index (κ1) is 6.65. The summed E-state index contributed by atoms with van der Waals surface area (Å²) in [6, 6.07) is 10.0. The lowest BCUT2D eigenvalue weighted by atomic mass is 10.4. The van der Waals surface area contributed by atoms with Crippen LogP contribution in [0.1, 0.15) is 0 Å². The zero-order chi connectivity index (χ0) is 6.69. The summed E-state index contributed by atoms with van der Waals surface area (Å²) in [6.07, 6.45) is 1.66. The first-order valence-electron chi connectivity index (χ1n) is 2.60. The van der Waals surface area contributed by atoms with Crippen molar-refractivity contribution in [3.63, 3.8) is 0 Å². The van der Waals surface area contributed by atoms with Crippen LogP contribution in [-0.4, -0.2) is 10.8 Å². The van der Waals surface area contributed by atoms with E-state index in [1.54, 1.807) is 18.4 Å². The van der Waals surface area contributed by atoms with Crippen molar-refractivity contribution >= 4 is 11.2 Å². The van der Waals surface area contributed by atoms with Crippen molar-refractivity contribution in [2.45, 2.75) is 4.90 Å². The molecule has 1 radical (unpaired) electrons. The molecule has 0 aromatic heterocycles. The second-order valence-electron chi connectivity index (χ2n) is 1.69. The van der Waals surface area contributed by atoms with Crippen molar-refractivity contribution in [1.29, 1.82) is 0 Å². The molecule has 0 aliphatic rings. The van der Waals surface area contributed by atoms with Gasteiger partial charge in [-0.1, -0.05) is 12.1 Å². The maximum atomic E-state index is 10.7. The Kier molecular flexibility index (Phi) is 2.14. The van der Waals surface area contributed by atoms with Crippen LogP contribution in [0, 0.1) is 6.07 Å². The monoisotopic (exact) mass is 139 g/mol. The van der Waals surface area contributed by atoms with Gasteiger partial charge in [-0.3, -0.25) is 0 Å². The van der Waals surface area contributed by atoms with Crippen molar-refractivity contribution in [3.8, 4) is 0 Å². The predicted octanol–water partition coefficient (Wildman–Crippen LogP) is 1.22. The molecule has 1 atom stereocenters. The van der Waals surface area contributed by atoms with Crippen LogP contribution in [0.3, 0.4) is 0 Å². The minimum absolute atomic E-state index is 0.831. The fraction of sp³-hybridized carbons (Fsp3) is 0.143. The van der Waals surface area contributed by atoms with Gasteiger partial charge in [-0.25, -0.2) is 0 Å². The first-order chi connectivity index (χ1) is 4.30. The molecular weight excluding hydrogens is 132 g/mol. The topological polar surface area (TPSA) is 23.1 Å². The molecule has 0 saturated carbocycles. The summed E-state index contributed by atoms with van der Waals surface area (Å²) in [6.45, 7) is 0. The summed E-state index contributed by atoms with van der Waals surface area (Å²) in [5, 5.41) is 0. The van der Waals surface area contributed by atoms with Crippen LogP contribution in [-0.2, 0) is 11.2 Å². The van der Waals surface area contributed by atoms with Gasteiger partial charge in [-0.05, 0) is 23.3 Å². The highest BCUT2D eigenvalue weighted by atomic mass is 32.2. The SMILES string of the molecule is C[S@+]([O-])c1c[c]ccc1. The molecule has 1 nitrogen and oxygen atoms in total. The zero-order valence-electron chi connectivity index (χ0n) is 5.13. The van der Waals surface area contributed by atoms with Gasteiger partial charge < -0.3 is 4.55 Å². The minimum atomic E-state index is -0.860. The first-order valence-corrected chi connectivity index (χ1v) is 4.16. The number of hydrogen-bond donors (Lipinski definition) is 0. The van der Waals surface area contributed by atoms with E-state index in [0.29, 0.717) is 0 Å². The zero-order valence-corrected chi connectivity index (χ0v) is 5.94. The van der Waals surface area contributed by atoms with Crippen LogP contribution in [0.15, 0.2) is 29.2 Å². The molecule has 0 bridgehead atoms. The summed E-state index contributed by atoms with van der Waals surface area (Å²) in [5.74, 6) is 0. The largest absolute Gasteiger partial charge is 0.612 e. The Balaban J connectivity index is 2.85. The normalized spacial score (nSPS) is 13.1. The summed E-state index contributed by atoms with van der Waals surface area (Å²) in [7, 11) is 0. The Morgan fingerprint density at radius 1 is 1.67 bits per heavy atom. The van der Waals surface area contributed by atoms with Gasteiger partial charge in [0.2, 0.25) is 0 Å². The van der Waals surface area contributed by atoms with Crippen LogP contribution in [0.2, 0.25) is 0 Å². The number of benzene rings is 1. The maximum Gasteiger partial charge on any atom is 0.153 e. The molecule has 0 N–H and O–H groups in total. The van der Waals surface area contributed by atoms with Crippen LogP contribution >= 0.6 is 0 Å². The maximum absolute atomic E-state index is 10.7. The van der Waals surface area contributed by atoms with Crippen LogP contribution in [0.25, 0.3) is 0 Å². The van der Waals surface area contributed by atoms with E-state index >= 15 is 0 Å². The highest BCUT2D eigenvalue weighted by molar-refractivity contribution is 7.90. The average molecular weight is 139 g/mol. The Morgan fingerprint density at radius 2 is 2.44 bits per heavy atom. The fourth-order valence-electron chi connectivity index (χ4n) is 0.556. The Labute approximate surface area is 57.9 Å². The molecule has 9 heavy (non-hydrogen) atoms. The van der Waals surface area contributed by atoms with Crippen molar-refractivity contribution < 1.29 is 4.55 Å². The van der Waals surface area contributed by atoms with Crippen molar-refractivity contribution in [3.05, 3.63) is 30.3 Å². The standard InChI is InChI=1S/C7H7OS/c1-9(8)7-5-3-2-4-6-7/h2-3,5-6H,1H3/t9-/m0/s1. The third-order valence-corrected chi connectivity index (χ3v) is 1.93. The molecule has 0 heterocycles. The van der Waals surface area contributed by atoms with E-state index in [-0.39, 0.29) is 0 Å². The van der Waals surface area contributed by atoms with Gasteiger partial charge in [0.05, 0.1) is 0 Å². The molecule has 1 aromatic carbocycles. The second kappa shape index (κ2) is 2.90. The fourth-order valence-corrected chi connectivity index (χ4v) is 1.06. The van der Waals surface area contributed by atoms with E-state index in [9.17, 15) is 4.55 Å². The minimum Gasteiger partial charge on any atom is -0.612 e. The third-order valence-electron chi connectivity index (χ3n) is 1.01. The number of hydrogen-bond acceptors (Lipinski definition) is 1. The van der Waals surface area contributed by atoms with Crippen molar-refractivity contribution in [1.82, 2.24) is 0 Å². The Bertz CT molecular complexity index is 172. The van der Waals surface area contributed by atoms with E-state index in [1.807, 2.05) is 12.1 Å². The molecule has 0 amide bonds.